The van der Waals surface area contributed by atoms with Gasteiger partial charge in [-0.15, -0.1) is 0 Å². The van der Waals surface area contributed by atoms with Gasteiger partial charge in [-0.2, -0.15) is 0 Å². The van der Waals surface area contributed by atoms with Gasteiger partial charge in [-0.3, -0.25) is 14.4 Å². The number of pyridine rings is 1. The summed E-state index contributed by atoms with van der Waals surface area (Å²) in [6, 6.07) is 5.68. The Morgan fingerprint density at radius 2 is 1.62 bits per heavy atom. The van der Waals surface area contributed by atoms with Gasteiger partial charge in [0.05, 0.1) is 11.1 Å². The Hall–Kier alpha value is -3.29. The number of carbonyl (C=O) groups excluding carboxylic acids is 2. The molecular weight excluding hydrogens is 380 g/mol. The van der Waals surface area contributed by atoms with Gasteiger partial charge >= 0.3 is 0 Å². The third kappa shape index (κ3) is 4.26. The van der Waals surface area contributed by atoms with E-state index in [9.17, 15) is 23.2 Å². The van der Waals surface area contributed by atoms with E-state index < -0.39 is 28.4 Å². The Bertz CT molecular complexity index is 1180. The van der Waals surface area contributed by atoms with Crippen LogP contribution in [0.5, 0.6) is 0 Å². The van der Waals surface area contributed by atoms with Crippen LogP contribution in [0.15, 0.2) is 35.1 Å². The summed E-state index contributed by atoms with van der Waals surface area (Å²) in [6.07, 6.45) is 0. The lowest BCUT2D eigenvalue weighted by Crippen LogP contribution is -2.40. The SMILES string of the molecule is CC(C)(C)C(=O)NCCNC(=O)c1cc(F)cc2c(=O)c3cc(F)ccc3[nH]c12. The first-order valence-corrected chi connectivity index (χ1v) is 9.09. The van der Waals surface area contributed by atoms with Crippen molar-refractivity contribution in [3.63, 3.8) is 0 Å². The molecule has 3 aromatic rings. The van der Waals surface area contributed by atoms with E-state index in [4.69, 9.17) is 0 Å². The second-order valence-corrected chi connectivity index (χ2v) is 7.78. The Morgan fingerprint density at radius 1 is 0.966 bits per heavy atom. The quantitative estimate of drug-likeness (QED) is 0.464. The fourth-order valence-electron chi connectivity index (χ4n) is 2.91. The highest BCUT2D eigenvalue weighted by atomic mass is 19.1. The minimum Gasteiger partial charge on any atom is -0.354 e. The molecule has 0 bridgehead atoms. The van der Waals surface area contributed by atoms with Crippen LogP contribution in [0.25, 0.3) is 21.8 Å². The van der Waals surface area contributed by atoms with Crippen molar-refractivity contribution in [3.05, 3.63) is 57.8 Å². The molecule has 1 aromatic heterocycles. The molecule has 0 saturated carbocycles. The summed E-state index contributed by atoms with van der Waals surface area (Å²) in [7, 11) is 0. The zero-order valence-electron chi connectivity index (χ0n) is 16.3. The molecule has 0 aliphatic rings. The van der Waals surface area contributed by atoms with Crippen molar-refractivity contribution in [1.82, 2.24) is 15.6 Å². The smallest absolute Gasteiger partial charge is 0.253 e. The monoisotopic (exact) mass is 401 g/mol. The van der Waals surface area contributed by atoms with Crippen LogP contribution in [-0.4, -0.2) is 29.9 Å². The molecule has 2 aromatic carbocycles. The minimum atomic E-state index is -0.759. The van der Waals surface area contributed by atoms with E-state index in [1.165, 1.54) is 12.1 Å². The maximum atomic E-state index is 14.1. The zero-order valence-corrected chi connectivity index (χ0v) is 16.3. The minimum absolute atomic E-state index is 0.0470. The van der Waals surface area contributed by atoms with Gasteiger partial charge in [0, 0.05) is 34.8 Å². The summed E-state index contributed by atoms with van der Waals surface area (Å²) in [5.74, 6) is -2.11. The van der Waals surface area contributed by atoms with E-state index in [0.717, 1.165) is 18.2 Å². The van der Waals surface area contributed by atoms with E-state index in [-0.39, 0.29) is 40.8 Å². The lowest BCUT2D eigenvalue weighted by atomic mass is 9.96. The van der Waals surface area contributed by atoms with Gasteiger partial charge < -0.3 is 15.6 Å². The largest absolute Gasteiger partial charge is 0.354 e. The Kier molecular flexibility index (Phi) is 5.37. The second-order valence-electron chi connectivity index (χ2n) is 7.78. The number of nitrogens with one attached hydrogen (secondary N) is 3. The van der Waals surface area contributed by atoms with Gasteiger partial charge in [-0.05, 0) is 30.3 Å². The molecule has 0 aliphatic heterocycles. The Morgan fingerprint density at radius 3 is 2.31 bits per heavy atom. The highest BCUT2D eigenvalue weighted by Gasteiger charge is 2.21. The van der Waals surface area contributed by atoms with Crippen LogP contribution in [-0.2, 0) is 4.79 Å². The van der Waals surface area contributed by atoms with E-state index in [2.05, 4.69) is 15.6 Å². The average molecular weight is 401 g/mol. The van der Waals surface area contributed by atoms with Crippen LogP contribution in [0.4, 0.5) is 8.78 Å². The zero-order chi connectivity index (χ0) is 21.3. The highest BCUT2D eigenvalue weighted by Crippen LogP contribution is 2.20. The fraction of sp³-hybridized carbons (Fsp3) is 0.286. The first-order chi connectivity index (χ1) is 13.6. The third-order valence-electron chi connectivity index (χ3n) is 4.46. The molecule has 0 saturated heterocycles. The van der Waals surface area contributed by atoms with Crippen LogP contribution in [0.3, 0.4) is 0 Å². The van der Waals surface area contributed by atoms with Crippen molar-refractivity contribution < 1.29 is 18.4 Å². The molecule has 152 valence electrons. The molecule has 0 fully saturated rings. The van der Waals surface area contributed by atoms with Crippen LogP contribution in [0.2, 0.25) is 0 Å². The number of fused-ring (bicyclic) bond motifs is 2. The molecule has 29 heavy (non-hydrogen) atoms. The van der Waals surface area contributed by atoms with Crippen molar-refractivity contribution in [1.29, 1.82) is 0 Å². The number of amides is 2. The number of H-pyrrole nitrogens is 1. The number of aromatic nitrogens is 1. The van der Waals surface area contributed by atoms with Crippen LogP contribution >= 0.6 is 0 Å². The summed E-state index contributed by atoms with van der Waals surface area (Å²) in [4.78, 5) is 40.0. The van der Waals surface area contributed by atoms with E-state index in [1.807, 2.05) is 0 Å². The molecule has 8 heteroatoms. The van der Waals surface area contributed by atoms with Crippen LogP contribution in [0, 0.1) is 17.0 Å². The van der Waals surface area contributed by atoms with Gasteiger partial charge in [-0.1, -0.05) is 20.8 Å². The lowest BCUT2D eigenvalue weighted by Gasteiger charge is -2.17. The summed E-state index contributed by atoms with van der Waals surface area (Å²) in [5.41, 5.74) is -0.679. The predicted molar refractivity (Wildman–Crippen MR) is 107 cm³/mol. The Balaban J connectivity index is 1.90. The molecule has 0 unspecified atom stereocenters. The fourth-order valence-corrected chi connectivity index (χ4v) is 2.91. The van der Waals surface area contributed by atoms with Gasteiger partial charge in [0.15, 0.2) is 5.43 Å². The molecule has 0 radical (unpaired) electrons. The molecule has 2 amide bonds. The molecule has 3 N–H and O–H groups in total. The number of rotatable bonds is 4. The van der Waals surface area contributed by atoms with Crippen molar-refractivity contribution in [2.24, 2.45) is 5.41 Å². The lowest BCUT2D eigenvalue weighted by molar-refractivity contribution is -0.128. The molecule has 3 rings (SSSR count). The first kappa shape index (κ1) is 20.4. The molecule has 0 atom stereocenters. The van der Waals surface area contributed by atoms with Crippen molar-refractivity contribution in [2.45, 2.75) is 20.8 Å². The standard InChI is InChI=1S/C21H21F2N3O3/c1-21(2,3)20(29)25-7-6-24-19(28)15-10-12(23)9-14-17(15)26-16-5-4-11(22)8-13(16)18(14)27/h4-5,8-10H,6-7H2,1-3H3,(H,24,28)(H,25,29)(H,26,27). The van der Waals surface area contributed by atoms with Gasteiger partial charge in [0.25, 0.3) is 5.91 Å². The van der Waals surface area contributed by atoms with Crippen LogP contribution < -0.4 is 16.1 Å². The normalized spacial score (nSPS) is 11.6. The van der Waals surface area contributed by atoms with Gasteiger partial charge in [0.1, 0.15) is 11.6 Å². The molecule has 0 spiro atoms. The molecule has 0 aliphatic carbocycles. The number of hydrogen-bond donors (Lipinski definition) is 3. The number of benzene rings is 2. The number of carbonyl (C=O) groups is 2. The maximum Gasteiger partial charge on any atom is 0.253 e. The third-order valence-corrected chi connectivity index (χ3v) is 4.46. The number of hydrogen-bond acceptors (Lipinski definition) is 3. The number of aromatic amines is 1. The summed E-state index contributed by atoms with van der Waals surface area (Å²) in [6.45, 7) is 5.64. The molecular formula is C21H21F2N3O3. The maximum absolute atomic E-state index is 14.1. The average Bonchev–Trinajstić information content (AvgIpc) is 2.65. The molecule has 6 nitrogen and oxygen atoms in total. The summed E-state index contributed by atoms with van der Waals surface area (Å²) in [5, 5.41) is 5.32. The van der Waals surface area contributed by atoms with Gasteiger partial charge in [0.2, 0.25) is 5.91 Å². The molecule has 1 heterocycles. The van der Waals surface area contributed by atoms with Crippen molar-refractivity contribution in [3.8, 4) is 0 Å². The number of halogens is 2. The highest BCUT2D eigenvalue weighted by molar-refractivity contribution is 6.07. The van der Waals surface area contributed by atoms with Crippen LogP contribution in [0.1, 0.15) is 31.1 Å². The topological polar surface area (TPSA) is 91.1 Å². The first-order valence-electron chi connectivity index (χ1n) is 9.09. The van der Waals surface area contributed by atoms with Crippen molar-refractivity contribution >= 4 is 33.6 Å². The summed E-state index contributed by atoms with van der Waals surface area (Å²) >= 11 is 0. The van der Waals surface area contributed by atoms with Crippen molar-refractivity contribution in [2.75, 3.05) is 13.1 Å². The van der Waals surface area contributed by atoms with E-state index >= 15 is 0 Å². The predicted octanol–water partition coefficient (Wildman–Crippen LogP) is 2.85. The van der Waals surface area contributed by atoms with E-state index in [0.29, 0.717) is 5.52 Å². The summed E-state index contributed by atoms with van der Waals surface area (Å²) < 4.78 is 27.6. The van der Waals surface area contributed by atoms with Gasteiger partial charge in [-0.25, -0.2) is 8.78 Å². The second kappa shape index (κ2) is 7.62. The van der Waals surface area contributed by atoms with E-state index in [1.54, 1.807) is 20.8 Å². The Labute approximate surface area is 165 Å².